The topological polar surface area (TPSA) is 51.8 Å². The van der Waals surface area contributed by atoms with Crippen molar-refractivity contribution in [2.45, 2.75) is 39.5 Å². The minimum Gasteiger partial charge on any atom is -0.486 e. The van der Waals surface area contributed by atoms with Crippen LogP contribution in [0.25, 0.3) is 44.6 Å². The van der Waals surface area contributed by atoms with Gasteiger partial charge in [-0.05, 0) is 72.0 Å². The number of aromatic nitrogens is 3. The fraction of sp³-hybridized carbons (Fsp3) is 0.154. The Morgan fingerprint density at radius 3 is 2.32 bits per heavy atom. The Balaban J connectivity index is 0.000000248. The molecule has 4 heterocycles. The summed E-state index contributed by atoms with van der Waals surface area (Å²) in [7, 11) is 0. The zero-order chi connectivity index (χ0) is 29.6. The molecule has 1 radical (unpaired) electrons. The summed E-state index contributed by atoms with van der Waals surface area (Å²) in [5, 5.41) is 2.09. The van der Waals surface area contributed by atoms with Gasteiger partial charge in [0.05, 0.1) is 5.58 Å². The van der Waals surface area contributed by atoms with Crippen LogP contribution in [-0.4, -0.2) is 15.0 Å². The molecule has 0 bridgehead atoms. The zero-order valence-corrected chi connectivity index (χ0v) is 27.4. The molecular formula is C39H33IrN3O-2. The maximum Gasteiger partial charge on any atom is 0.216 e. The van der Waals surface area contributed by atoms with Gasteiger partial charge in [-0.1, -0.05) is 73.3 Å². The van der Waals surface area contributed by atoms with Crippen molar-refractivity contribution in [1.82, 2.24) is 15.0 Å². The first-order valence-electron chi connectivity index (χ1n) is 14.7. The fourth-order valence-electron chi connectivity index (χ4n) is 5.28. The first-order chi connectivity index (χ1) is 21.1. The first kappa shape index (κ1) is 31.0. The standard InChI is InChI=1S/C28H25N2O.C11H8N.Ir/c1-18(2)25-16-26(29-17-19(25)3)24-11-7-10-22-23-15-14-21(30-28(23)31-27(22)24)13-12-20-8-5-4-6-9-20;1-2-6-10(7-3-1)11-8-4-5-9-12-11;/h4-10,14-18H,12-13H2,1-3H3;1-6,8-9H;/q2*-1;. The smallest absolute Gasteiger partial charge is 0.216 e. The van der Waals surface area contributed by atoms with E-state index < -0.39 is 0 Å². The first-order valence-corrected chi connectivity index (χ1v) is 14.7. The van der Waals surface area contributed by atoms with E-state index in [9.17, 15) is 0 Å². The number of furan rings is 1. The number of benzene rings is 3. The third-order valence-corrected chi connectivity index (χ3v) is 7.54. The third-order valence-electron chi connectivity index (χ3n) is 7.54. The number of hydrogen-bond acceptors (Lipinski definition) is 4. The van der Waals surface area contributed by atoms with Crippen molar-refractivity contribution in [3.8, 4) is 22.5 Å². The summed E-state index contributed by atoms with van der Waals surface area (Å²) >= 11 is 0. The van der Waals surface area contributed by atoms with Crippen LogP contribution in [0.15, 0.2) is 120 Å². The molecule has 0 amide bonds. The van der Waals surface area contributed by atoms with Gasteiger partial charge in [0, 0.05) is 43.6 Å². The number of fused-ring (bicyclic) bond motifs is 3. The van der Waals surface area contributed by atoms with E-state index in [1.165, 1.54) is 16.7 Å². The summed E-state index contributed by atoms with van der Waals surface area (Å²) in [6.45, 7) is 6.52. The van der Waals surface area contributed by atoms with E-state index in [-0.39, 0.29) is 20.1 Å². The molecule has 0 saturated heterocycles. The molecule has 7 rings (SSSR count). The molecule has 4 aromatic heterocycles. The quantitative estimate of drug-likeness (QED) is 0.159. The summed E-state index contributed by atoms with van der Waals surface area (Å²) < 4.78 is 6.28. The predicted molar refractivity (Wildman–Crippen MR) is 175 cm³/mol. The van der Waals surface area contributed by atoms with Gasteiger partial charge < -0.3 is 14.4 Å². The van der Waals surface area contributed by atoms with E-state index in [1.54, 1.807) is 6.20 Å². The molecule has 0 aliphatic carbocycles. The summed E-state index contributed by atoms with van der Waals surface area (Å²) in [6.07, 6.45) is 5.58. The van der Waals surface area contributed by atoms with E-state index in [2.05, 4.69) is 85.3 Å². The third kappa shape index (κ3) is 7.02. The molecule has 44 heavy (non-hydrogen) atoms. The number of hydrogen-bond donors (Lipinski definition) is 0. The van der Waals surface area contributed by atoms with Crippen molar-refractivity contribution < 1.29 is 24.5 Å². The van der Waals surface area contributed by atoms with Gasteiger partial charge in [0.1, 0.15) is 0 Å². The Morgan fingerprint density at radius 1 is 0.750 bits per heavy atom. The van der Waals surface area contributed by atoms with Crippen LogP contribution in [0.4, 0.5) is 0 Å². The molecule has 221 valence electrons. The molecule has 0 unspecified atom stereocenters. The number of pyridine rings is 3. The molecular weight excluding hydrogens is 719 g/mol. The van der Waals surface area contributed by atoms with Crippen LogP contribution in [-0.2, 0) is 32.9 Å². The van der Waals surface area contributed by atoms with E-state index in [0.717, 1.165) is 57.4 Å². The van der Waals surface area contributed by atoms with Crippen molar-refractivity contribution in [1.29, 1.82) is 0 Å². The summed E-state index contributed by atoms with van der Waals surface area (Å²) in [6, 6.07) is 41.1. The van der Waals surface area contributed by atoms with E-state index in [0.29, 0.717) is 11.6 Å². The van der Waals surface area contributed by atoms with Crippen LogP contribution in [0.2, 0.25) is 0 Å². The van der Waals surface area contributed by atoms with E-state index in [4.69, 9.17) is 9.40 Å². The maximum atomic E-state index is 6.28. The minimum absolute atomic E-state index is 0. The molecule has 3 aromatic carbocycles. The molecule has 0 aliphatic heterocycles. The Labute approximate surface area is 272 Å². The normalized spacial score (nSPS) is 10.8. The van der Waals surface area contributed by atoms with Gasteiger partial charge in [-0.3, -0.25) is 0 Å². The molecule has 0 N–H and O–H groups in total. The van der Waals surface area contributed by atoms with Crippen LogP contribution in [0.5, 0.6) is 0 Å². The van der Waals surface area contributed by atoms with Gasteiger partial charge in [-0.2, -0.15) is 0 Å². The number of nitrogens with zero attached hydrogens (tertiary/aromatic N) is 3. The van der Waals surface area contributed by atoms with Crippen LogP contribution in [0, 0.1) is 19.1 Å². The molecule has 0 fully saturated rings. The van der Waals surface area contributed by atoms with Crippen LogP contribution in [0.1, 0.15) is 42.1 Å². The Bertz CT molecular complexity index is 1920. The largest absolute Gasteiger partial charge is 0.486 e. The fourth-order valence-corrected chi connectivity index (χ4v) is 5.28. The Morgan fingerprint density at radius 2 is 1.57 bits per heavy atom. The predicted octanol–water partition coefficient (Wildman–Crippen LogP) is 9.61. The molecule has 0 spiro atoms. The molecule has 0 saturated carbocycles. The van der Waals surface area contributed by atoms with E-state index in [1.807, 2.05) is 66.9 Å². The van der Waals surface area contributed by atoms with E-state index >= 15 is 0 Å². The van der Waals surface area contributed by atoms with Gasteiger partial charge in [0.15, 0.2) is 0 Å². The molecule has 0 atom stereocenters. The van der Waals surface area contributed by atoms with Gasteiger partial charge in [0.25, 0.3) is 0 Å². The summed E-state index contributed by atoms with van der Waals surface area (Å²) in [5.74, 6) is 0.436. The molecule has 5 heteroatoms. The van der Waals surface area contributed by atoms with Gasteiger partial charge >= 0.3 is 0 Å². The van der Waals surface area contributed by atoms with Crippen LogP contribution < -0.4 is 0 Å². The monoisotopic (exact) mass is 752 g/mol. The summed E-state index contributed by atoms with van der Waals surface area (Å²) in [5.41, 5.74) is 10.1. The Hall–Kier alpha value is -4.44. The van der Waals surface area contributed by atoms with Crippen LogP contribution >= 0.6 is 0 Å². The second-order valence-corrected chi connectivity index (χ2v) is 10.9. The second-order valence-electron chi connectivity index (χ2n) is 10.9. The molecule has 0 aliphatic rings. The molecule has 7 aromatic rings. The van der Waals surface area contributed by atoms with Gasteiger partial charge in [-0.15, -0.1) is 54.1 Å². The van der Waals surface area contributed by atoms with Gasteiger partial charge in [0.2, 0.25) is 5.71 Å². The van der Waals surface area contributed by atoms with Crippen molar-refractivity contribution in [2.75, 3.05) is 0 Å². The van der Waals surface area contributed by atoms with Crippen molar-refractivity contribution >= 4 is 22.1 Å². The SMILES string of the molecule is Cc1cnc(-c2[c-]ccc3c2oc2nc(CCc4ccccc4)ccc23)cc1C(C)C.[Ir].[c-]1ccccc1-c1ccccn1. The van der Waals surface area contributed by atoms with Gasteiger partial charge in [-0.25, -0.2) is 4.98 Å². The zero-order valence-electron chi connectivity index (χ0n) is 25.0. The van der Waals surface area contributed by atoms with Crippen molar-refractivity contribution in [3.05, 3.63) is 150 Å². The maximum absolute atomic E-state index is 6.28. The number of aryl methyl sites for hydroxylation is 3. The molecule has 4 nitrogen and oxygen atoms in total. The van der Waals surface area contributed by atoms with Crippen LogP contribution in [0.3, 0.4) is 0 Å². The summed E-state index contributed by atoms with van der Waals surface area (Å²) in [4.78, 5) is 13.7. The van der Waals surface area contributed by atoms with Crippen molar-refractivity contribution in [3.63, 3.8) is 0 Å². The minimum atomic E-state index is 0. The van der Waals surface area contributed by atoms with Crippen molar-refractivity contribution in [2.24, 2.45) is 0 Å². The Kier molecular flexibility index (Phi) is 10.1. The average Bonchev–Trinajstić information content (AvgIpc) is 3.44. The average molecular weight is 752 g/mol. The number of rotatable bonds is 6. The second kappa shape index (κ2) is 14.4.